The number of allylic oxidation sites excluding steroid dienone is 1. The average molecular weight is 364 g/mol. The molecule has 2 aromatic rings. The van der Waals surface area contributed by atoms with Gasteiger partial charge in [-0.3, -0.25) is 4.79 Å². The molecular formula is C22H24N2O3. The maximum absolute atomic E-state index is 12.8. The van der Waals surface area contributed by atoms with Gasteiger partial charge in [0.2, 0.25) is 5.78 Å². The molecule has 0 fully saturated rings. The smallest absolute Gasteiger partial charge is 0.340 e. The summed E-state index contributed by atoms with van der Waals surface area (Å²) in [5.74, 6) is -0.512. The third kappa shape index (κ3) is 4.35. The lowest BCUT2D eigenvalue weighted by atomic mass is 9.99. The molecule has 1 heterocycles. The molecule has 2 rings (SSSR count). The van der Waals surface area contributed by atoms with Crippen LogP contribution >= 0.6 is 0 Å². The van der Waals surface area contributed by atoms with Crippen molar-refractivity contribution in [2.24, 2.45) is 0 Å². The van der Waals surface area contributed by atoms with Crippen molar-refractivity contribution in [3.63, 3.8) is 0 Å². The first-order valence-electron chi connectivity index (χ1n) is 8.92. The second-order valence-electron chi connectivity index (χ2n) is 6.67. The van der Waals surface area contributed by atoms with Crippen LogP contribution in [-0.4, -0.2) is 23.3 Å². The predicted molar refractivity (Wildman–Crippen MR) is 105 cm³/mol. The van der Waals surface area contributed by atoms with E-state index >= 15 is 0 Å². The van der Waals surface area contributed by atoms with E-state index in [1.807, 2.05) is 30.3 Å². The minimum Gasteiger partial charge on any atom is -0.462 e. The quantitative estimate of drug-likeness (QED) is 0.348. The Hall–Kier alpha value is -3.13. The molecule has 0 saturated carbocycles. The standard InChI is InChI=1S/C22H24N2O3/c1-6-27-22(26)19-14(4)20(24-15(19)5)21(25)18(12-23)11-16-7-9-17(10-8-16)13(2)3/h7-11,13,24H,6H2,1-5H3/b18-11+. The molecule has 1 aromatic heterocycles. The molecule has 0 aliphatic heterocycles. The van der Waals surface area contributed by atoms with Crippen molar-refractivity contribution in [3.05, 3.63) is 63.5 Å². The van der Waals surface area contributed by atoms with Crippen LogP contribution in [0.3, 0.4) is 0 Å². The largest absolute Gasteiger partial charge is 0.462 e. The van der Waals surface area contributed by atoms with E-state index in [9.17, 15) is 14.9 Å². The van der Waals surface area contributed by atoms with Gasteiger partial charge < -0.3 is 9.72 Å². The van der Waals surface area contributed by atoms with Crippen LogP contribution in [0.1, 0.15) is 69.9 Å². The Kier molecular flexibility index (Phi) is 6.36. The Morgan fingerprint density at radius 2 is 1.85 bits per heavy atom. The Morgan fingerprint density at radius 3 is 2.37 bits per heavy atom. The number of hydrogen-bond donors (Lipinski definition) is 1. The fourth-order valence-corrected chi connectivity index (χ4v) is 2.91. The second-order valence-corrected chi connectivity index (χ2v) is 6.67. The average Bonchev–Trinajstić information content (AvgIpc) is 2.94. The van der Waals surface area contributed by atoms with Crippen molar-refractivity contribution in [2.45, 2.75) is 40.5 Å². The van der Waals surface area contributed by atoms with Crippen molar-refractivity contribution in [3.8, 4) is 6.07 Å². The van der Waals surface area contributed by atoms with E-state index in [4.69, 9.17) is 4.74 Å². The molecule has 0 atom stereocenters. The van der Waals surface area contributed by atoms with Gasteiger partial charge in [-0.25, -0.2) is 4.79 Å². The molecule has 1 aromatic carbocycles. The number of rotatable bonds is 6. The van der Waals surface area contributed by atoms with Crippen LogP contribution in [0.25, 0.3) is 6.08 Å². The van der Waals surface area contributed by atoms with Crippen LogP contribution in [0.2, 0.25) is 0 Å². The monoisotopic (exact) mass is 364 g/mol. The summed E-state index contributed by atoms with van der Waals surface area (Å²) in [6.45, 7) is 9.56. The molecule has 0 amide bonds. The van der Waals surface area contributed by atoms with E-state index in [1.165, 1.54) is 5.56 Å². The lowest BCUT2D eigenvalue weighted by Gasteiger charge is -2.05. The number of nitrogens with one attached hydrogen (secondary N) is 1. The summed E-state index contributed by atoms with van der Waals surface area (Å²) in [7, 11) is 0. The molecule has 0 unspecified atom stereocenters. The van der Waals surface area contributed by atoms with Gasteiger partial charge in [-0.05, 0) is 49.5 Å². The highest BCUT2D eigenvalue weighted by atomic mass is 16.5. The number of nitriles is 1. The maximum atomic E-state index is 12.8. The number of hydrogen-bond acceptors (Lipinski definition) is 4. The second kappa shape index (κ2) is 8.50. The number of aryl methyl sites for hydroxylation is 1. The zero-order valence-electron chi connectivity index (χ0n) is 16.3. The van der Waals surface area contributed by atoms with Crippen molar-refractivity contribution in [2.75, 3.05) is 6.61 Å². The van der Waals surface area contributed by atoms with E-state index in [0.29, 0.717) is 22.7 Å². The summed E-state index contributed by atoms with van der Waals surface area (Å²) in [6.07, 6.45) is 1.56. The molecule has 5 nitrogen and oxygen atoms in total. The molecule has 27 heavy (non-hydrogen) atoms. The van der Waals surface area contributed by atoms with Crippen LogP contribution < -0.4 is 0 Å². The summed E-state index contributed by atoms with van der Waals surface area (Å²) in [5, 5.41) is 9.48. The zero-order valence-corrected chi connectivity index (χ0v) is 16.3. The highest BCUT2D eigenvalue weighted by Crippen LogP contribution is 2.23. The van der Waals surface area contributed by atoms with Gasteiger partial charge in [0.05, 0.1) is 17.9 Å². The molecule has 5 heteroatoms. The van der Waals surface area contributed by atoms with E-state index in [2.05, 4.69) is 18.8 Å². The first-order valence-corrected chi connectivity index (χ1v) is 8.92. The lowest BCUT2D eigenvalue weighted by molar-refractivity contribution is 0.0525. The van der Waals surface area contributed by atoms with Crippen LogP contribution in [0.15, 0.2) is 29.8 Å². The van der Waals surface area contributed by atoms with Crippen LogP contribution in [0.5, 0.6) is 0 Å². The fraction of sp³-hybridized carbons (Fsp3) is 0.318. The molecule has 0 saturated heterocycles. The van der Waals surface area contributed by atoms with Gasteiger partial charge in [-0.15, -0.1) is 0 Å². The van der Waals surface area contributed by atoms with Crippen LogP contribution in [0, 0.1) is 25.2 Å². The highest BCUT2D eigenvalue weighted by Gasteiger charge is 2.24. The first-order chi connectivity index (χ1) is 12.8. The van der Waals surface area contributed by atoms with Crippen LogP contribution in [0.4, 0.5) is 0 Å². The summed E-state index contributed by atoms with van der Waals surface area (Å²) in [4.78, 5) is 27.9. The van der Waals surface area contributed by atoms with Crippen molar-refractivity contribution in [1.82, 2.24) is 4.98 Å². The summed E-state index contributed by atoms with van der Waals surface area (Å²) in [6, 6.07) is 9.71. The van der Waals surface area contributed by atoms with E-state index < -0.39 is 11.8 Å². The first kappa shape index (κ1) is 20.2. The number of carbonyl (C=O) groups excluding carboxylic acids is 2. The molecule has 140 valence electrons. The van der Waals surface area contributed by atoms with E-state index in [0.717, 1.165) is 5.56 Å². The topological polar surface area (TPSA) is 83.0 Å². The number of ketones is 1. The molecule has 0 bridgehead atoms. The van der Waals surface area contributed by atoms with Crippen LogP contribution in [-0.2, 0) is 4.74 Å². The fourth-order valence-electron chi connectivity index (χ4n) is 2.91. The lowest BCUT2D eigenvalue weighted by Crippen LogP contribution is -2.08. The summed E-state index contributed by atoms with van der Waals surface area (Å²) >= 11 is 0. The van der Waals surface area contributed by atoms with Crippen molar-refractivity contribution >= 4 is 17.8 Å². The summed E-state index contributed by atoms with van der Waals surface area (Å²) < 4.78 is 5.05. The minimum atomic E-state index is -0.477. The van der Waals surface area contributed by atoms with Gasteiger partial charge in [-0.2, -0.15) is 5.26 Å². The number of nitrogens with zero attached hydrogens (tertiary/aromatic N) is 1. The molecule has 0 radical (unpaired) electrons. The molecule has 0 spiro atoms. The molecule has 0 aliphatic carbocycles. The number of ether oxygens (including phenoxy) is 1. The number of aromatic amines is 1. The van der Waals surface area contributed by atoms with Gasteiger partial charge in [0.15, 0.2) is 0 Å². The zero-order chi connectivity index (χ0) is 20.1. The third-order valence-corrected chi connectivity index (χ3v) is 4.42. The van der Waals surface area contributed by atoms with Crippen molar-refractivity contribution in [1.29, 1.82) is 5.26 Å². The van der Waals surface area contributed by atoms with Gasteiger partial charge in [-0.1, -0.05) is 38.1 Å². The number of esters is 1. The summed E-state index contributed by atoms with van der Waals surface area (Å²) in [5.41, 5.74) is 3.59. The third-order valence-electron chi connectivity index (χ3n) is 4.42. The van der Waals surface area contributed by atoms with E-state index in [1.54, 1.807) is 26.8 Å². The SMILES string of the molecule is CCOC(=O)c1c(C)[nH]c(C(=O)/C(C#N)=C/c2ccc(C(C)C)cc2)c1C. The van der Waals surface area contributed by atoms with E-state index in [-0.39, 0.29) is 17.9 Å². The molecular weight excluding hydrogens is 340 g/mol. The predicted octanol–water partition coefficient (Wildman–Crippen LogP) is 4.72. The minimum absolute atomic E-state index is 0.00653. The Labute approximate surface area is 159 Å². The van der Waals surface area contributed by atoms with Gasteiger partial charge in [0.1, 0.15) is 11.6 Å². The highest BCUT2D eigenvalue weighted by molar-refractivity contribution is 6.15. The number of H-pyrrole nitrogens is 1. The number of benzene rings is 1. The Morgan fingerprint density at radius 1 is 1.22 bits per heavy atom. The van der Waals surface area contributed by atoms with Crippen molar-refractivity contribution < 1.29 is 14.3 Å². The van der Waals surface area contributed by atoms with Gasteiger partial charge >= 0.3 is 5.97 Å². The maximum Gasteiger partial charge on any atom is 0.340 e. The molecule has 0 aliphatic rings. The van der Waals surface area contributed by atoms with Gasteiger partial charge in [0.25, 0.3) is 0 Å². The normalized spacial score (nSPS) is 11.4. The molecule has 1 N–H and O–H groups in total. The number of Topliss-reactive ketones (excluding diaryl/α,β-unsaturated/α-hetero) is 1. The number of carbonyl (C=O) groups is 2. The van der Waals surface area contributed by atoms with Gasteiger partial charge in [0, 0.05) is 5.69 Å². The number of aromatic nitrogens is 1. The Bertz CT molecular complexity index is 926. The Balaban J connectivity index is 2.39.